The molecule has 7 heteroatoms. The minimum atomic E-state index is -0.294. The fourth-order valence-corrected chi connectivity index (χ4v) is 4.93. The molecule has 0 aliphatic carbocycles. The molecule has 0 saturated heterocycles. The van der Waals surface area contributed by atoms with Crippen molar-refractivity contribution in [2.24, 2.45) is 0 Å². The summed E-state index contributed by atoms with van der Waals surface area (Å²) in [5, 5.41) is 24.8. The van der Waals surface area contributed by atoms with Crippen molar-refractivity contribution in [3.63, 3.8) is 0 Å². The molecule has 5 rings (SSSR count). The van der Waals surface area contributed by atoms with E-state index >= 15 is 0 Å². The number of halogens is 1. The third kappa shape index (κ3) is 5.76. The van der Waals surface area contributed by atoms with Gasteiger partial charge in [-0.15, -0.1) is 0 Å². The van der Waals surface area contributed by atoms with Gasteiger partial charge in [0.05, 0.1) is 5.69 Å². The van der Waals surface area contributed by atoms with Gasteiger partial charge in [0.2, 0.25) is 5.78 Å². The Labute approximate surface area is 239 Å². The zero-order valence-electron chi connectivity index (χ0n) is 22.5. The van der Waals surface area contributed by atoms with Gasteiger partial charge in [-0.3, -0.25) is 4.79 Å². The van der Waals surface area contributed by atoms with Crippen molar-refractivity contribution >= 4 is 34.0 Å². The van der Waals surface area contributed by atoms with Crippen LogP contribution in [0.1, 0.15) is 52.1 Å². The Bertz CT molecular complexity index is 1680. The lowest BCUT2D eigenvalue weighted by Gasteiger charge is -2.17. The molecule has 1 atom stereocenters. The number of fused-ring (bicyclic) bond motifs is 1. The molecule has 1 aromatic heterocycles. The minimum Gasteiger partial charge on any atom is -0.369 e. The minimum absolute atomic E-state index is 0.117. The van der Waals surface area contributed by atoms with Gasteiger partial charge in [0, 0.05) is 23.2 Å². The average Bonchev–Trinajstić information content (AvgIpc) is 3.35. The summed E-state index contributed by atoms with van der Waals surface area (Å²) < 4.78 is 1.61. The molecule has 0 aliphatic rings. The van der Waals surface area contributed by atoms with Crippen LogP contribution in [0.2, 0.25) is 5.02 Å². The van der Waals surface area contributed by atoms with Crippen LogP contribution < -0.4 is 10.6 Å². The molecular weight excluding hydrogens is 518 g/mol. The highest BCUT2D eigenvalue weighted by Gasteiger charge is 2.25. The van der Waals surface area contributed by atoms with Gasteiger partial charge >= 0.3 is 0 Å². The molecule has 0 amide bonds. The third-order valence-corrected chi connectivity index (χ3v) is 7.24. The van der Waals surface area contributed by atoms with E-state index in [4.69, 9.17) is 11.6 Å². The van der Waals surface area contributed by atoms with Crippen molar-refractivity contribution in [2.45, 2.75) is 26.3 Å². The average molecular weight is 548 g/mol. The molecule has 0 fully saturated rings. The van der Waals surface area contributed by atoms with E-state index in [1.807, 2.05) is 31.2 Å². The van der Waals surface area contributed by atoms with Gasteiger partial charge in [-0.1, -0.05) is 83.9 Å². The maximum Gasteiger partial charge on any atom is 0.214 e. The summed E-state index contributed by atoms with van der Waals surface area (Å²) in [4.78, 5) is 13.4. The number of benzene rings is 4. The number of anilines is 1. The molecule has 4 aromatic carbocycles. The summed E-state index contributed by atoms with van der Waals surface area (Å²) in [6.07, 6.45) is 0.799. The molecule has 5 aromatic rings. The molecule has 0 radical (unpaired) electrons. The first-order valence-corrected chi connectivity index (χ1v) is 13.7. The second kappa shape index (κ2) is 12.2. The lowest BCUT2D eigenvalue weighted by molar-refractivity contribution is 0.103. The molecule has 0 spiro atoms. The highest BCUT2D eigenvalue weighted by Crippen LogP contribution is 2.27. The Morgan fingerprint density at radius 2 is 1.70 bits per heavy atom. The molecular formula is C33H30ClN5O. The molecule has 1 heterocycles. The smallest absolute Gasteiger partial charge is 0.214 e. The van der Waals surface area contributed by atoms with Crippen LogP contribution in [0.4, 0.5) is 5.82 Å². The van der Waals surface area contributed by atoms with Crippen molar-refractivity contribution in [3.8, 4) is 11.8 Å². The quantitative estimate of drug-likeness (QED) is 0.142. The van der Waals surface area contributed by atoms with Gasteiger partial charge in [-0.05, 0) is 67.4 Å². The van der Waals surface area contributed by atoms with E-state index in [0.717, 1.165) is 18.5 Å². The fourth-order valence-electron chi connectivity index (χ4n) is 4.81. The van der Waals surface area contributed by atoms with Crippen molar-refractivity contribution in [3.05, 3.63) is 124 Å². The van der Waals surface area contributed by atoms with E-state index in [-0.39, 0.29) is 23.1 Å². The van der Waals surface area contributed by atoms with E-state index in [2.05, 4.69) is 71.2 Å². The summed E-state index contributed by atoms with van der Waals surface area (Å²) in [6, 6.07) is 31.6. The molecule has 0 saturated carbocycles. The molecule has 0 bridgehead atoms. The summed E-state index contributed by atoms with van der Waals surface area (Å²) in [5.41, 5.74) is 3.84. The van der Waals surface area contributed by atoms with Gasteiger partial charge in [-0.2, -0.15) is 10.4 Å². The highest BCUT2D eigenvalue weighted by molar-refractivity contribution is 6.30. The highest BCUT2D eigenvalue weighted by atomic mass is 35.5. The second-order valence-electron chi connectivity index (χ2n) is 9.79. The lowest BCUT2D eigenvalue weighted by atomic mass is 10.00. The largest absolute Gasteiger partial charge is 0.369 e. The Hall–Kier alpha value is -4.44. The van der Waals surface area contributed by atoms with E-state index < -0.39 is 0 Å². The van der Waals surface area contributed by atoms with Gasteiger partial charge in [0.25, 0.3) is 0 Å². The number of nitrogens with one attached hydrogen (secondary N) is 2. The zero-order valence-corrected chi connectivity index (χ0v) is 23.2. The molecule has 0 unspecified atom stereocenters. The first-order chi connectivity index (χ1) is 19.5. The molecule has 0 aliphatic heterocycles. The van der Waals surface area contributed by atoms with Crippen LogP contribution >= 0.6 is 11.6 Å². The Morgan fingerprint density at radius 1 is 0.975 bits per heavy atom. The number of aryl methyl sites for hydroxylation is 1. The zero-order chi connectivity index (χ0) is 28.1. The maximum atomic E-state index is 13.4. The van der Waals surface area contributed by atoms with Crippen molar-refractivity contribution in [1.82, 2.24) is 15.1 Å². The van der Waals surface area contributed by atoms with Gasteiger partial charge < -0.3 is 10.6 Å². The Morgan fingerprint density at radius 3 is 2.45 bits per heavy atom. The number of rotatable bonds is 10. The normalized spacial score (nSPS) is 11.8. The van der Waals surface area contributed by atoms with Crippen LogP contribution in [0.5, 0.6) is 0 Å². The third-order valence-electron chi connectivity index (χ3n) is 6.98. The number of nitriles is 1. The number of hydrogen-bond acceptors (Lipinski definition) is 5. The standard InChI is InChI=1S/C33H30ClN5O/c1-22-11-13-25(14-12-22)32(40)31-30(21-35)33(39(38-31)27-17-15-26(34)16-18-27)37-20-6-19-36-23(2)28-10-5-8-24-7-3-4-9-29(24)28/h3-5,7-18,23,36-37H,6,19-20H2,1-2H3/t23-/m0/s1. The summed E-state index contributed by atoms with van der Waals surface area (Å²) in [5.74, 6) is 0.195. The van der Waals surface area contributed by atoms with Crippen LogP contribution in [0.25, 0.3) is 16.5 Å². The SMILES string of the molecule is Cc1ccc(C(=O)c2nn(-c3ccc(Cl)cc3)c(NCCCN[C@@H](C)c3cccc4ccccc34)c2C#N)cc1. The van der Waals surface area contributed by atoms with E-state index in [9.17, 15) is 10.1 Å². The van der Waals surface area contributed by atoms with Crippen molar-refractivity contribution < 1.29 is 4.79 Å². The molecule has 6 nitrogen and oxygen atoms in total. The van der Waals surface area contributed by atoms with E-state index in [1.165, 1.54) is 16.3 Å². The first-order valence-electron chi connectivity index (χ1n) is 13.3. The number of nitrogens with zero attached hydrogens (tertiary/aromatic N) is 3. The Balaban J connectivity index is 1.33. The monoisotopic (exact) mass is 547 g/mol. The maximum absolute atomic E-state index is 13.4. The summed E-state index contributed by atoms with van der Waals surface area (Å²) in [6.45, 7) is 5.48. The first kappa shape index (κ1) is 27.1. The Kier molecular flexibility index (Phi) is 8.26. The lowest BCUT2D eigenvalue weighted by Crippen LogP contribution is -2.22. The van der Waals surface area contributed by atoms with Crippen LogP contribution in [-0.2, 0) is 0 Å². The summed E-state index contributed by atoms with van der Waals surface area (Å²) >= 11 is 6.11. The molecule has 40 heavy (non-hydrogen) atoms. The van der Waals surface area contributed by atoms with Gasteiger partial charge in [-0.25, -0.2) is 4.68 Å². The number of aromatic nitrogens is 2. The molecule has 200 valence electrons. The van der Waals surface area contributed by atoms with Crippen LogP contribution in [0.15, 0.2) is 91.0 Å². The van der Waals surface area contributed by atoms with Crippen molar-refractivity contribution in [2.75, 3.05) is 18.4 Å². The van der Waals surface area contributed by atoms with E-state index in [0.29, 0.717) is 28.6 Å². The second-order valence-corrected chi connectivity index (χ2v) is 10.2. The van der Waals surface area contributed by atoms with Gasteiger partial charge in [0.1, 0.15) is 17.5 Å². The number of carbonyl (C=O) groups excluding carboxylic acids is 1. The van der Waals surface area contributed by atoms with Gasteiger partial charge in [0.15, 0.2) is 5.69 Å². The number of ketones is 1. The number of hydrogen-bond donors (Lipinski definition) is 2. The van der Waals surface area contributed by atoms with E-state index in [1.54, 1.807) is 28.9 Å². The van der Waals surface area contributed by atoms with Crippen molar-refractivity contribution in [1.29, 1.82) is 5.26 Å². The molecule has 2 N–H and O–H groups in total. The predicted octanol–water partition coefficient (Wildman–Crippen LogP) is 7.24. The topological polar surface area (TPSA) is 82.7 Å². The fraction of sp³-hybridized carbons (Fsp3) is 0.182. The van der Waals surface area contributed by atoms with Crippen LogP contribution in [0, 0.1) is 18.3 Å². The predicted molar refractivity (Wildman–Crippen MR) is 161 cm³/mol. The van der Waals surface area contributed by atoms with Crippen LogP contribution in [0.3, 0.4) is 0 Å². The summed E-state index contributed by atoms with van der Waals surface area (Å²) in [7, 11) is 0. The van der Waals surface area contributed by atoms with Crippen LogP contribution in [-0.4, -0.2) is 28.7 Å². The number of carbonyl (C=O) groups is 1.